The van der Waals surface area contributed by atoms with E-state index in [1.807, 2.05) is 0 Å². The molecular formula is C14H14ClN3O5. The Bertz CT molecular complexity index is 676. The van der Waals surface area contributed by atoms with Crippen LogP contribution in [0.2, 0.25) is 5.15 Å². The number of benzene rings is 1. The molecule has 1 N–H and O–H groups in total. The molecule has 0 bridgehead atoms. The molecule has 9 heteroatoms. The lowest BCUT2D eigenvalue weighted by Gasteiger charge is -2.28. The summed E-state index contributed by atoms with van der Waals surface area (Å²) in [4.78, 5) is 22.7. The third-order valence-electron chi connectivity index (χ3n) is 2.75. The molecule has 0 aliphatic rings. The highest BCUT2D eigenvalue weighted by molar-refractivity contribution is 6.29. The van der Waals surface area contributed by atoms with E-state index in [1.165, 1.54) is 0 Å². The Labute approximate surface area is 137 Å². The van der Waals surface area contributed by atoms with E-state index in [2.05, 4.69) is 20.0 Å². The second-order valence-corrected chi connectivity index (χ2v) is 4.61. The van der Waals surface area contributed by atoms with Crippen molar-refractivity contribution in [3.05, 3.63) is 52.8 Å². The van der Waals surface area contributed by atoms with E-state index in [0.717, 1.165) is 14.2 Å². The number of carbonyl (C=O) groups is 1. The maximum atomic E-state index is 11.8. The van der Waals surface area contributed by atoms with Gasteiger partial charge in [0.1, 0.15) is 25.1 Å². The van der Waals surface area contributed by atoms with Gasteiger partial charge in [-0.1, -0.05) is 17.7 Å². The van der Waals surface area contributed by atoms with Crippen LogP contribution in [-0.2, 0) is 9.68 Å². The minimum absolute atomic E-state index is 0.315. The second-order valence-electron chi connectivity index (χ2n) is 4.22. The molecule has 0 spiro atoms. The zero-order chi connectivity index (χ0) is 16.9. The Balaban J connectivity index is 2.03. The van der Waals surface area contributed by atoms with Gasteiger partial charge in [0.2, 0.25) is 5.88 Å². The summed E-state index contributed by atoms with van der Waals surface area (Å²) in [6, 6.07) is 10.3. The monoisotopic (exact) mass is 339 g/mol. The molecule has 0 fully saturated rings. The summed E-state index contributed by atoms with van der Waals surface area (Å²) in [5.41, 5.74) is 0.369. The Morgan fingerprint density at radius 3 is 2.39 bits per heavy atom. The maximum Gasteiger partial charge on any atom is 0.488 e. The minimum atomic E-state index is -1.91. The molecule has 2 aromatic rings. The van der Waals surface area contributed by atoms with Crippen LogP contribution in [0.3, 0.4) is 0 Å². The minimum Gasteiger partial charge on any atom is -0.555 e. The molecule has 2 amide bonds. The molecule has 1 aromatic heterocycles. The molecule has 0 aliphatic heterocycles. The van der Waals surface area contributed by atoms with Crippen molar-refractivity contribution in [3.8, 4) is 11.6 Å². The number of anilines is 1. The molecule has 8 nitrogen and oxygen atoms in total. The summed E-state index contributed by atoms with van der Waals surface area (Å²) >= 11 is 5.77. The van der Waals surface area contributed by atoms with Crippen LogP contribution in [0.5, 0.6) is 11.6 Å². The van der Waals surface area contributed by atoms with Crippen molar-refractivity contribution in [2.24, 2.45) is 0 Å². The lowest BCUT2D eigenvalue weighted by Crippen LogP contribution is -2.48. The van der Waals surface area contributed by atoms with Crippen LogP contribution in [0.25, 0.3) is 0 Å². The Morgan fingerprint density at radius 2 is 1.83 bits per heavy atom. The molecule has 0 unspecified atom stereocenters. The first-order chi connectivity index (χ1) is 11.0. The van der Waals surface area contributed by atoms with E-state index in [9.17, 15) is 10.0 Å². The Kier molecular flexibility index (Phi) is 5.48. The van der Waals surface area contributed by atoms with Gasteiger partial charge in [0.25, 0.3) is 0 Å². The largest absolute Gasteiger partial charge is 0.555 e. The first kappa shape index (κ1) is 17.1. The Hall–Kier alpha value is -2.23. The molecule has 0 aliphatic carbocycles. The summed E-state index contributed by atoms with van der Waals surface area (Å²) in [6.45, 7) is 0. The Morgan fingerprint density at radius 1 is 1.17 bits per heavy atom. The van der Waals surface area contributed by atoms with Gasteiger partial charge in [-0.05, 0) is 30.3 Å². The zero-order valence-corrected chi connectivity index (χ0v) is 13.1. The van der Waals surface area contributed by atoms with Crippen LogP contribution < -0.4 is 10.1 Å². The van der Waals surface area contributed by atoms with Crippen molar-refractivity contribution < 1.29 is 24.2 Å². The van der Waals surface area contributed by atoms with Gasteiger partial charge in [0, 0.05) is 16.7 Å². The van der Waals surface area contributed by atoms with Gasteiger partial charge in [-0.25, -0.2) is 4.98 Å². The lowest BCUT2D eigenvalue weighted by atomic mass is 10.3. The zero-order valence-electron chi connectivity index (χ0n) is 12.4. The first-order valence-electron chi connectivity index (χ1n) is 6.40. The number of quaternary nitrogens is 1. The van der Waals surface area contributed by atoms with Gasteiger partial charge in [0.05, 0.1) is 0 Å². The van der Waals surface area contributed by atoms with E-state index >= 15 is 0 Å². The van der Waals surface area contributed by atoms with Gasteiger partial charge in [-0.15, -0.1) is 0 Å². The maximum absolute atomic E-state index is 11.8. The van der Waals surface area contributed by atoms with E-state index in [4.69, 9.17) is 16.3 Å². The number of aromatic nitrogens is 1. The fourth-order valence-electron chi connectivity index (χ4n) is 1.61. The quantitative estimate of drug-likeness (QED) is 0.509. The SMILES string of the molecule is CO[N+]([O-])(OC)C(=O)Nc1ccc(Oc2cccc(Cl)n2)cc1. The highest BCUT2D eigenvalue weighted by atomic mass is 35.5. The number of nitrogens with one attached hydrogen (secondary N) is 1. The molecule has 122 valence electrons. The third kappa shape index (κ3) is 4.38. The van der Waals surface area contributed by atoms with E-state index in [-0.39, 0.29) is 0 Å². The van der Waals surface area contributed by atoms with Crippen LogP contribution in [0, 0.1) is 5.21 Å². The average Bonchev–Trinajstić information content (AvgIpc) is 2.56. The smallest absolute Gasteiger partial charge is 0.488 e. The van der Waals surface area contributed by atoms with E-state index < -0.39 is 11.0 Å². The van der Waals surface area contributed by atoms with Gasteiger partial charge >= 0.3 is 6.03 Å². The van der Waals surface area contributed by atoms with E-state index in [1.54, 1.807) is 42.5 Å². The number of hydrogen-bond donors (Lipinski definition) is 1. The van der Waals surface area contributed by atoms with Gasteiger partial charge in [-0.3, -0.25) is 5.32 Å². The topological polar surface area (TPSA) is 92.7 Å². The predicted molar refractivity (Wildman–Crippen MR) is 82.4 cm³/mol. The predicted octanol–water partition coefficient (Wildman–Crippen LogP) is 3.50. The number of hydrogen-bond acceptors (Lipinski definition) is 6. The normalized spacial score (nSPS) is 11.1. The fraction of sp³-hybridized carbons (Fsp3) is 0.143. The van der Waals surface area contributed by atoms with Gasteiger partial charge in [0.15, 0.2) is 0 Å². The second kappa shape index (κ2) is 7.36. The molecular weight excluding hydrogens is 326 g/mol. The number of pyridine rings is 1. The summed E-state index contributed by atoms with van der Waals surface area (Å²) in [6.07, 6.45) is 0. The first-order valence-corrected chi connectivity index (χ1v) is 6.78. The molecule has 0 atom stereocenters. The van der Waals surface area contributed by atoms with Crippen molar-refractivity contribution in [1.82, 2.24) is 4.98 Å². The van der Waals surface area contributed by atoms with Crippen LogP contribution in [0.15, 0.2) is 42.5 Å². The van der Waals surface area contributed by atoms with Crippen LogP contribution in [-0.4, -0.2) is 30.2 Å². The number of rotatable bonds is 5. The van der Waals surface area contributed by atoms with Gasteiger partial charge < -0.3 is 9.94 Å². The molecule has 1 heterocycles. The highest BCUT2D eigenvalue weighted by Gasteiger charge is 2.30. The number of amides is 2. The summed E-state index contributed by atoms with van der Waals surface area (Å²) in [5.74, 6) is 0.822. The highest BCUT2D eigenvalue weighted by Crippen LogP contribution is 2.23. The average molecular weight is 340 g/mol. The molecule has 0 saturated carbocycles. The number of ether oxygens (including phenoxy) is 1. The molecule has 2 rings (SSSR count). The molecule has 23 heavy (non-hydrogen) atoms. The number of urea groups is 1. The van der Waals surface area contributed by atoms with Crippen molar-refractivity contribution in [1.29, 1.82) is 0 Å². The fourth-order valence-corrected chi connectivity index (χ4v) is 1.76. The molecule has 0 saturated heterocycles. The van der Waals surface area contributed by atoms with Crippen molar-refractivity contribution in [2.75, 3.05) is 19.5 Å². The van der Waals surface area contributed by atoms with E-state index in [0.29, 0.717) is 22.5 Å². The lowest BCUT2D eigenvalue weighted by molar-refractivity contribution is -1.15. The third-order valence-corrected chi connectivity index (χ3v) is 2.96. The van der Waals surface area contributed by atoms with Crippen LogP contribution in [0.4, 0.5) is 10.5 Å². The number of carbonyl (C=O) groups excluding carboxylic acids is 1. The summed E-state index contributed by atoms with van der Waals surface area (Å²) in [5, 5.41) is 14.4. The molecule has 1 aromatic carbocycles. The number of nitrogens with zero attached hydrogens (tertiary/aromatic N) is 2. The van der Waals surface area contributed by atoms with Crippen molar-refractivity contribution in [2.45, 2.75) is 0 Å². The number of hydroxylamine groups is 3. The molecule has 0 radical (unpaired) electrons. The van der Waals surface area contributed by atoms with Crippen molar-refractivity contribution >= 4 is 23.3 Å². The standard InChI is InChI=1S/C14H14ClN3O5/c1-21-18(20,22-2)14(19)16-10-6-8-11(9-7-10)23-13-5-3-4-12(15)17-13/h3-9H,1-2H3,(H,16,19). The van der Waals surface area contributed by atoms with Crippen LogP contribution >= 0.6 is 11.6 Å². The summed E-state index contributed by atoms with van der Waals surface area (Å²) in [7, 11) is 2.12. The van der Waals surface area contributed by atoms with Crippen LogP contribution in [0.1, 0.15) is 0 Å². The summed E-state index contributed by atoms with van der Waals surface area (Å²) < 4.78 is 5.51. The van der Waals surface area contributed by atoms with Crippen molar-refractivity contribution in [3.63, 3.8) is 0 Å². The van der Waals surface area contributed by atoms with Gasteiger partial charge in [-0.2, -0.15) is 14.5 Å². The number of halogens is 1.